The number of halogens is 2. The molecule has 3 aromatic rings. The Morgan fingerprint density at radius 2 is 1.88 bits per heavy atom. The van der Waals surface area contributed by atoms with E-state index in [2.05, 4.69) is 28.7 Å². The smallest absolute Gasteiger partial charge is 0.266 e. The molecular weight excluding hydrogens is 523 g/mol. The number of carbonyl (C=O) groups is 1. The molecule has 0 saturated heterocycles. The SMILES string of the molecule is C=CCSc1nnc(NC(=O)c2ccc(Cl)c(S(=O)(=O)N(CC=C)c3ccccc3Cl)c2)s1. The Bertz CT molecular complexity index is 1300. The van der Waals surface area contributed by atoms with Crippen LogP contribution in [0.25, 0.3) is 0 Å². The number of para-hydroxylation sites is 1. The number of hydrogen-bond acceptors (Lipinski definition) is 7. The lowest BCUT2D eigenvalue weighted by Crippen LogP contribution is -2.32. The average molecular weight is 542 g/mol. The van der Waals surface area contributed by atoms with Gasteiger partial charge in [-0.2, -0.15) is 0 Å². The lowest BCUT2D eigenvalue weighted by Gasteiger charge is -2.24. The molecule has 0 aliphatic carbocycles. The van der Waals surface area contributed by atoms with Crippen LogP contribution in [0.2, 0.25) is 10.0 Å². The second-order valence-electron chi connectivity index (χ2n) is 6.35. The number of anilines is 2. The minimum atomic E-state index is -4.18. The monoisotopic (exact) mass is 540 g/mol. The lowest BCUT2D eigenvalue weighted by atomic mass is 10.2. The molecule has 0 bridgehead atoms. The van der Waals surface area contributed by atoms with Gasteiger partial charge in [0.1, 0.15) is 4.90 Å². The Hall–Kier alpha value is -2.37. The molecule has 0 atom stereocenters. The molecule has 0 saturated carbocycles. The number of thioether (sulfide) groups is 1. The zero-order valence-corrected chi connectivity index (χ0v) is 21.0. The summed E-state index contributed by atoms with van der Waals surface area (Å²) in [6.45, 7) is 7.23. The number of hydrogen-bond donors (Lipinski definition) is 1. The summed E-state index contributed by atoms with van der Waals surface area (Å²) in [5.41, 5.74) is 0.356. The molecule has 7 nitrogen and oxygen atoms in total. The first-order valence-electron chi connectivity index (χ1n) is 9.34. The van der Waals surface area contributed by atoms with Gasteiger partial charge in [0.25, 0.3) is 15.9 Å². The number of rotatable bonds is 10. The van der Waals surface area contributed by atoms with Gasteiger partial charge in [-0.3, -0.25) is 14.4 Å². The van der Waals surface area contributed by atoms with E-state index in [1.165, 1.54) is 47.4 Å². The predicted octanol–water partition coefficient (Wildman–Crippen LogP) is 5.76. The van der Waals surface area contributed by atoms with E-state index < -0.39 is 15.9 Å². The maximum absolute atomic E-state index is 13.5. The molecule has 0 aliphatic heterocycles. The highest BCUT2D eigenvalue weighted by Gasteiger charge is 2.29. The van der Waals surface area contributed by atoms with Crippen LogP contribution in [0.5, 0.6) is 0 Å². The van der Waals surface area contributed by atoms with E-state index >= 15 is 0 Å². The first kappa shape index (κ1) is 25.3. The minimum absolute atomic E-state index is 0.0355. The standard InChI is InChI=1S/C21H18Cl2N4O3S3/c1-3-11-27(17-8-6-5-7-15(17)22)33(29,30)18-13-14(9-10-16(18)23)19(28)24-20-25-26-21(32-20)31-12-4-2/h3-10,13H,1-2,11-12H2,(H,24,25,28). The number of nitrogens with one attached hydrogen (secondary N) is 1. The fourth-order valence-electron chi connectivity index (χ4n) is 2.68. The molecular formula is C21H18Cl2N4O3S3. The first-order chi connectivity index (χ1) is 15.8. The number of sulfonamides is 1. The van der Waals surface area contributed by atoms with E-state index in [1.54, 1.807) is 30.3 Å². The second-order valence-corrected chi connectivity index (χ2v) is 11.2. The van der Waals surface area contributed by atoms with Crippen LogP contribution in [0.15, 0.2) is 77.0 Å². The molecule has 0 fully saturated rings. The maximum atomic E-state index is 13.5. The molecule has 1 N–H and O–H groups in total. The molecule has 2 aromatic carbocycles. The van der Waals surface area contributed by atoms with Gasteiger partial charge in [0.15, 0.2) is 4.34 Å². The van der Waals surface area contributed by atoms with E-state index in [1.807, 2.05) is 0 Å². The third kappa shape index (κ3) is 5.96. The summed E-state index contributed by atoms with van der Waals surface area (Å²) in [5.74, 6) is 0.112. The highest BCUT2D eigenvalue weighted by atomic mass is 35.5. The third-order valence-corrected chi connectivity index (χ3v) is 8.68. The zero-order valence-electron chi connectivity index (χ0n) is 17.1. The van der Waals surface area contributed by atoms with Gasteiger partial charge in [0, 0.05) is 11.3 Å². The highest BCUT2D eigenvalue weighted by molar-refractivity contribution is 8.01. The summed E-state index contributed by atoms with van der Waals surface area (Å²) in [6.07, 6.45) is 3.17. The molecule has 0 radical (unpaired) electrons. The maximum Gasteiger partial charge on any atom is 0.266 e. The van der Waals surface area contributed by atoms with E-state index in [4.69, 9.17) is 23.2 Å². The first-order valence-corrected chi connectivity index (χ1v) is 13.3. The lowest BCUT2D eigenvalue weighted by molar-refractivity contribution is 0.102. The van der Waals surface area contributed by atoms with Crippen molar-refractivity contribution in [3.05, 3.63) is 83.4 Å². The van der Waals surface area contributed by atoms with Gasteiger partial charge in [-0.1, -0.05) is 70.6 Å². The van der Waals surface area contributed by atoms with Crippen molar-refractivity contribution in [2.75, 3.05) is 21.9 Å². The molecule has 0 spiro atoms. The number of aromatic nitrogens is 2. The van der Waals surface area contributed by atoms with E-state index in [0.29, 0.717) is 10.1 Å². The number of nitrogens with zero attached hydrogens (tertiary/aromatic N) is 3. The Labute approximate surface area is 210 Å². The highest BCUT2D eigenvalue weighted by Crippen LogP contribution is 2.33. The van der Waals surface area contributed by atoms with Crippen LogP contribution < -0.4 is 9.62 Å². The van der Waals surface area contributed by atoms with Crippen LogP contribution in [0.1, 0.15) is 10.4 Å². The van der Waals surface area contributed by atoms with Crippen molar-refractivity contribution < 1.29 is 13.2 Å². The van der Waals surface area contributed by atoms with E-state index in [-0.39, 0.29) is 37.9 Å². The molecule has 12 heteroatoms. The summed E-state index contributed by atoms with van der Waals surface area (Å²) >= 11 is 15.1. The average Bonchev–Trinajstić information content (AvgIpc) is 3.23. The fraction of sp³-hybridized carbons (Fsp3) is 0.0952. The van der Waals surface area contributed by atoms with Crippen molar-refractivity contribution in [1.82, 2.24) is 10.2 Å². The minimum Gasteiger partial charge on any atom is -0.296 e. The van der Waals surface area contributed by atoms with Crippen molar-refractivity contribution in [1.29, 1.82) is 0 Å². The van der Waals surface area contributed by atoms with Crippen LogP contribution in [0, 0.1) is 0 Å². The Kier molecular flexibility index (Phi) is 8.55. The molecule has 1 heterocycles. The molecule has 1 aromatic heterocycles. The van der Waals surface area contributed by atoms with Gasteiger partial charge in [-0.25, -0.2) is 8.42 Å². The summed E-state index contributed by atoms with van der Waals surface area (Å²) in [4.78, 5) is 12.5. The summed E-state index contributed by atoms with van der Waals surface area (Å²) in [5, 5.41) is 11.0. The molecule has 172 valence electrons. The normalized spacial score (nSPS) is 11.1. The summed E-state index contributed by atoms with van der Waals surface area (Å²) in [6, 6.07) is 10.5. The molecule has 0 aliphatic rings. The predicted molar refractivity (Wildman–Crippen MR) is 136 cm³/mol. The van der Waals surface area contributed by atoms with Crippen LogP contribution in [-0.2, 0) is 10.0 Å². The number of benzene rings is 2. The van der Waals surface area contributed by atoms with Crippen molar-refractivity contribution in [2.24, 2.45) is 0 Å². The quantitative estimate of drug-likeness (QED) is 0.200. The van der Waals surface area contributed by atoms with Gasteiger partial charge in [-0.05, 0) is 30.3 Å². The largest absolute Gasteiger partial charge is 0.296 e. The molecule has 3 rings (SSSR count). The van der Waals surface area contributed by atoms with Crippen LogP contribution in [0.3, 0.4) is 0 Å². The molecule has 0 unspecified atom stereocenters. The summed E-state index contributed by atoms with van der Waals surface area (Å²) < 4.78 is 28.8. The van der Waals surface area contributed by atoms with Gasteiger partial charge in [-0.15, -0.1) is 23.4 Å². The van der Waals surface area contributed by atoms with E-state index in [0.717, 1.165) is 4.31 Å². The number of carbonyl (C=O) groups excluding carboxylic acids is 1. The molecule has 1 amide bonds. The van der Waals surface area contributed by atoms with Gasteiger partial charge < -0.3 is 0 Å². The Morgan fingerprint density at radius 3 is 2.58 bits per heavy atom. The van der Waals surface area contributed by atoms with Crippen molar-refractivity contribution >= 4 is 73.0 Å². The number of amides is 1. The summed E-state index contributed by atoms with van der Waals surface area (Å²) in [7, 11) is -4.18. The molecule has 33 heavy (non-hydrogen) atoms. The second kappa shape index (κ2) is 11.2. The van der Waals surface area contributed by atoms with Crippen LogP contribution in [-0.4, -0.2) is 36.8 Å². The van der Waals surface area contributed by atoms with Gasteiger partial charge >= 0.3 is 0 Å². The van der Waals surface area contributed by atoms with Crippen LogP contribution in [0.4, 0.5) is 10.8 Å². The van der Waals surface area contributed by atoms with Gasteiger partial charge in [0.05, 0.1) is 22.3 Å². The Morgan fingerprint density at radius 1 is 1.12 bits per heavy atom. The van der Waals surface area contributed by atoms with Crippen LogP contribution >= 0.6 is 46.3 Å². The topological polar surface area (TPSA) is 92.3 Å². The van der Waals surface area contributed by atoms with Gasteiger partial charge in [0.2, 0.25) is 5.13 Å². The van der Waals surface area contributed by atoms with E-state index in [9.17, 15) is 13.2 Å². The zero-order chi connectivity index (χ0) is 24.0. The fourth-order valence-corrected chi connectivity index (χ4v) is 6.43. The van der Waals surface area contributed by atoms with Crippen molar-refractivity contribution in [3.8, 4) is 0 Å². The van der Waals surface area contributed by atoms with Crippen molar-refractivity contribution in [2.45, 2.75) is 9.24 Å². The third-order valence-electron chi connectivity index (χ3n) is 4.13. The van der Waals surface area contributed by atoms with Crippen molar-refractivity contribution in [3.63, 3.8) is 0 Å². The Balaban J connectivity index is 1.93.